The van der Waals surface area contributed by atoms with E-state index in [-0.39, 0.29) is 5.41 Å². The molecule has 0 atom stereocenters. The lowest BCUT2D eigenvalue weighted by molar-refractivity contribution is 0.626. The van der Waals surface area contributed by atoms with Gasteiger partial charge in [-0.25, -0.2) is 0 Å². The Balaban J connectivity index is 1.16. The van der Waals surface area contributed by atoms with Crippen molar-refractivity contribution in [1.29, 1.82) is 0 Å². The van der Waals surface area contributed by atoms with Gasteiger partial charge in [-0.2, -0.15) is 0 Å². The number of aromatic nitrogens is 1. The quantitative estimate of drug-likeness (QED) is 0.157. The molecule has 0 saturated heterocycles. The van der Waals surface area contributed by atoms with E-state index in [4.69, 9.17) is 0 Å². The number of aryl methyl sites for hydroxylation is 3. The predicted molar refractivity (Wildman–Crippen MR) is 209 cm³/mol. The fraction of sp³-hybridized carbons (Fsp3) is 0.125. The standard InChI is InChI=1S/C48H41N/c1-34-32-43-42-19-11-13-21-46(42)49(41-30-28-39(29-31-41)37-16-8-5-9-17-37)47(43)33-45(34)48(2,3)44-20-12-10-18-40(44)27-24-35-22-25-38(26-23-35)36-14-6-4-7-15-36/h4-23,25-26,28-33H,24,27H2,1-3H3. The van der Waals surface area contributed by atoms with E-state index in [0.717, 1.165) is 12.8 Å². The highest BCUT2D eigenvalue weighted by atomic mass is 15.0. The fourth-order valence-electron chi connectivity index (χ4n) is 7.78. The van der Waals surface area contributed by atoms with E-state index in [0.29, 0.717) is 0 Å². The van der Waals surface area contributed by atoms with E-state index in [1.807, 2.05) is 0 Å². The molecular formula is C48H41N. The second-order valence-electron chi connectivity index (χ2n) is 13.8. The van der Waals surface area contributed by atoms with E-state index in [1.54, 1.807) is 0 Å². The lowest BCUT2D eigenvalue weighted by Gasteiger charge is -2.30. The molecule has 0 amide bonds. The molecule has 0 fully saturated rings. The first-order valence-corrected chi connectivity index (χ1v) is 17.4. The third-order valence-corrected chi connectivity index (χ3v) is 10.4. The highest BCUT2D eigenvalue weighted by Gasteiger charge is 2.28. The molecule has 1 aromatic heterocycles. The number of rotatable bonds is 8. The third kappa shape index (κ3) is 5.76. The minimum Gasteiger partial charge on any atom is -0.309 e. The van der Waals surface area contributed by atoms with Gasteiger partial charge in [-0.05, 0) is 100 Å². The minimum absolute atomic E-state index is 0.190. The molecule has 49 heavy (non-hydrogen) atoms. The molecule has 7 aromatic carbocycles. The molecule has 0 aliphatic rings. The SMILES string of the molecule is Cc1cc2c3ccccc3n(-c3ccc(-c4ccccc4)cc3)c2cc1C(C)(C)c1ccccc1CCc1ccc(-c2ccccc2)cc1. The van der Waals surface area contributed by atoms with E-state index in [9.17, 15) is 0 Å². The van der Waals surface area contributed by atoms with Crippen molar-refractivity contribution < 1.29 is 0 Å². The Morgan fingerprint density at radius 3 is 1.67 bits per heavy atom. The van der Waals surface area contributed by atoms with Gasteiger partial charge in [0.1, 0.15) is 0 Å². The van der Waals surface area contributed by atoms with E-state index < -0.39 is 0 Å². The predicted octanol–water partition coefficient (Wildman–Crippen LogP) is 12.5. The highest BCUT2D eigenvalue weighted by Crippen LogP contribution is 2.41. The topological polar surface area (TPSA) is 4.93 Å². The zero-order valence-corrected chi connectivity index (χ0v) is 28.5. The Hall–Kier alpha value is -5.66. The lowest BCUT2D eigenvalue weighted by atomic mass is 9.73. The minimum atomic E-state index is -0.190. The Labute approximate surface area is 290 Å². The summed E-state index contributed by atoms with van der Waals surface area (Å²) in [5.74, 6) is 0. The van der Waals surface area contributed by atoms with Gasteiger partial charge in [-0.1, -0.05) is 153 Å². The van der Waals surface area contributed by atoms with Crippen molar-refractivity contribution in [2.24, 2.45) is 0 Å². The Kier molecular flexibility index (Phi) is 7.98. The van der Waals surface area contributed by atoms with Gasteiger partial charge in [0.2, 0.25) is 0 Å². The summed E-state index contributed by atoms with van der Waals surface area (Å²) in [5.41, 5.74) is 15.3. The maximum absolute atomic E-state index is 2.47. The molecule has 0 saturated carbocycles. The maximum Gasteiger partial charge on any atom is 0.0544 e. The molecule has 238 valence electrons. The number of hydrogen-bond donors (Lipinski definition) is 0. The van der Waals surface area contributed by atoms with Crippen molar-refractivity contribution in [2.45, 2.75) is 39.0 Å². The monoisotopic (exact) mass is 631 g/mol. The molecule has 1 heterocycles. The molecule has 1 heteroatoms. The summed E-state index contributed by atoms with van der Waals surface area (Å²) in [6, 6.07) is 62.1. The van der Waals surface area contributed by atoms with E-state index in [1.165, 1.54) is 77.6 Å². The van der Waals surface area contributed by atoms with Gasteiger partial charge in [0.25, 0.3) is 0 Å². The molecule has 0 aliphatic carbocycles. The normalized spacial score (nSPS) is 11.7. The number of para-hydroxylation sites is 1. The zero-order valence-electron chi connectivity index (χ0n) is 28.5. The van der Waals surface area contributed by atoms with Crippen molar-refractivity contribution in [3.63, 3.8) is 0 Å². The summed E-state index contributed by atoms with van der Waals surface area (Å²) in [4.78, 5) is 0. The summed E-state index contributed by atoms with van der Waals surface area (Å²) in [6.45, 7) is 7.08. The summed E-state index contributed by atoms with van der Waals surface area (Å²) >= 11 is 0. The van der Waals surface area contributed by atoms with Crippen LogP contribution in [0.2, 0.25) is 0 Å². The average Bonchev–Trinajstić information content (AvgIpc) is 3.48. The molecule has 0 aliphatic heterocycles. The molecule has 0 bridgehead atoms. The second-order valence-corrected chi connectivity index (χ2v) is 13.8. The lowest BCUT2D eigenvalue weighted by Crippen LogP contribution is -2.22. The summed E-state index contributed by atoms with van der Waals surface area (Å²) < 4.78 is 2.45. The van der Waals surface area contributed by atoms with Crippen molar-refractivity contribution in [3.05, 3.63) is 198 Å². The third-order valence-electron chi connectivity index (χ3n) is 10.4. The molecule has 0 unspecified atom stereocenters. The molecule has 0 N–H and O–H groups in total. The van der Waals surface area contributed by atoms with Gasteiger partial charge < -0.3 is 4.57 Å². The van der Waals surface area contributed by atoms with Crippen LogP contribution < -0.4 is 0 Å². The van der Waals surface area contributed by atoms with E-state index in [2.05, 4.69) is 195 Å². The van der Waals surface area contributed by atoms with Crippen LogP contribution in [-0.4, -0.2) is 4.57 Å². The van der Waals surface area contributed by atoms with Crippen LogP contribution >= 0.6 is 0 Å². The Morgan fingerprint density at radius 1 is 0.449 bits per heavy atom. The largest absolute Gasteiger partial charge is 0.309 e. The first-order valence-electron chi connectivity index (χ1n) is 17.4. The maximum atomic E-state index is 2.47. The molecule has 8 aromatic rings. The zero-order chi connectivity index (χ0) is 33.4. The molecule has 1 nitrogen and oxygen atoms in total. The first-order chi connectivity index (χ1) is 24.0. The van der Waals surface area contributed by atoms with Crippen molar-refractivity contribution in [1.82, 2.24) is 4.57 Å². The smallest absolute Gasteiger partial charge is 0.0544 e. The van der Waals surface area contributed by atoms with Gasteiger partial charge in [-0.15, -0.1) is 0 Å². The number of hydrogen-bond acceptors (Lipinski definition) is 0. The van der Waals surface area contributed by atoms with Crippen LogP contribution in [0.1, 0.15) is 41.7 Å². The van der Waals surface area contributed by atoms with Crippen molar-refractivity contribution in [2.75, 3.05) is 0 Å². The second kappa shape index (κ2) is 12.7. The van der Waals surface area contributed by atoms with Crippen LogP contribution in [0.15, 0.2) is 170 Å². The molecule has 0 spiro atoms. The fourth-order valence-corrected chi connectivity index (χ4v) is 7.78. The Morgan fingerprint density at radius 2 is 1.00 bits per heavy atom. The van der Waals surface area contributed by atoms with Crippen LogP contribution in [0.5, 0.6) is 0 Å². The highest BCUT2D eigenvalue weighted by molar-refractivity contribution is 6.09. The number of nitrogens with zero attached hydrogens (tertiary/aromatic N) is 1. The molecule has 0 radical (unpaired) electrons. The van der Waals surface area contributed by atoms with Crippen LogP contribution in [0.3, 0.4) is 0 Å². The Bertz CT molecular complexity index is 2380. The summed E-state index contributed by atoms with van der Waals surface area (Å²) in [7, 11) is 0. The average molecular weight is 632 g/mol. The number of benzene rings is 7. The van der Waals surface area contributed by atoms with E-state index >= 15 is 0 Å². The number of fused-ring (bicyclic) bond motifs is 3. The van der Waals surface area contributed by atoms with Crippen molar-refractivity contribution in [3.8, 4) is 27.9 Å². The van der Waals surface area contributed by atoms with Gasteiger partial charge in [0.15, 0.2) is 0 Å². The van der Waals surface area contributed by atoms with Crippen LogP contribution in [0.25, 0.3) is 49.7 Å². The first kappa shape index (κ1) is 30.7. The van der Waals surface area contributed by atoms with Crippen molar-refractivity contribution >= 4 is 21.8 Å². The summed E-state index contributed by atoms with van der Waals surface area (Å²) in [5, 5.41) is 2.59. The van der Waals surface area contributed by atoms with Gasteiger partial charge in [0, 0.05) is 21.9 Å². The van der Waals surface area contributed by atoms with Crippen LogP contribution in [0, 0.1) is 6.92 Å². The van der Waals surface area contributed by atoms with Gasteiger partial charge in [-0.3, -0.25) is 0 Å². The molecular weight excluding hydrogens is 591 g/mol. The van der Waals surface area contributed by atoms with Gasteiger partial charge >= 0.3 is 0 Å². The van der Waals surface area contributed by atoms with Crippen LogP contribution in [0.4, 0.5) is 0 Å². The molecule has 8 rings (SSSR count). The van der Waals surface area contributed by atoms with Gasteiger partial charge in [0.05, 0.1) is 11.0 Å². The van der Waals surface area contributed by atoms with Crippen LogP contribution in [-0.2, 0) is 18.3 Å². The summed E-state index contributed by atoms with van der Waals surface area (Å²) in [6.07, 6.45) is 2.01.